The Morgan fingerprint density at radius 2 is 1.42 bits per heavy atom. The number of rotatable bonds is 6. The van der Waals surface area contributed by atoms with E-state index < -0.39 is 23.1 Å². The van der Waals surface area contributed by atoms with Crippen LogP contribution >= 0.6 is 0 Å². The average molecular weight is 413 g/mol. The van der Waals surface area contributed by atoms with Gasteiger partial charge in [0.05, 0.1) is 13.2 Å². The summed E-state index contributed by atoms with van der Waals surface area (Å²) >= 11 is 0. The second kappa shape index (κ2) is 8.56. The van der Waals surface area contributed by atoms with Crippen molar-refractivity contribution in [1.29, 1.82) is 0 Å². The molecule has 0 N–H and O–H groups in total. The normalized spacial score (nSPS) is 17.9. The van der Waals surface area contributed by atoms with Crippen LogP contribution < -0.4 is 4.90 Å². The quantitative estimate of drug-likeness (QED) is 0.350. The number of hydrogen-bond donors (Lipinski definition) is 0. The van der Waals surface area contributed by atoms with Crippen molar-refractivity contribution in [3.05, 3.63) is 102 Å². The Morgan fingerprint density at radius 1 is 0.839 bits per heavy atom. The van der Waals surface area contributed by atoms with E-state index in [9.17, 15) is 14.4 Å². The first-order chi connectivity index (χ1) is 15.1. The molecule has 1 atom stereocenters. The van der Waals surface area contributed by atoms with E-state index >= 15 is 0 Å². The first-order valence-corrected chi connectivity index (χ1v) is 10.3. The maximum absolute atomic E-state index is 13.6. The van der Waals surface area contributed by atoms with Crippen molar-refractivity contribution >= 4 is 23.3 Å². The lowest BCUT2D eigenvalue weighted by Crippen LogP contribution is -2.58. The van der Waals surface area contributed by atoms with Gasteiger partial charge in [-0.3, -0.25) is 14.4 Å². The zero-order valence-corrected chi connectivity index (χ0v) is 17.3. The molecule has 1 amide bonds. The standard InChI is InChI=1S/C26H23NO4/c1-2-31-25(30)26(17-19-11-5-3-6-12-19)21-15-9-10-16-22(21)27(24(29)23(26)28)18-20-13-7-4-8-14-20/h3-16H,2,17-18H2,1H3/t26-/m0/s1. The number of fused-ring (bicyclic) bond motifs is 1. The molecule has 3 aromatic carbocycles. The number of amides is 1. The molecular formula is C26H23NO4. The number of esters is 1. The van der Waals surface area contributed by atoms with Crippen molar-refractivity contribution in [2.75, 3.05) is 11.5 Å². The summed E-state index contributed by atoms with van der Waals surface area (Å²) in [6.07, 6.45) is 0.0629. The SMILES string of the molecule is CCOC(=O)[C@]1(Cc2ccccc2)C(=O)C(=O)N(Cc2ccccc2)c2ccccc21. The predicted octanol–water partition coefficient (Wildman–Crippen LogP) is 3.85. The van der Waals surface area contributed by atoms with Gasteiger partial charge in [-0.2, -0.15) is 0 Å². The van der Waals surface area contributed by atoms with E-state index in [1.807, 2.05) is 60.7 Å². The van der Waals surface area contributed by atoms with E-state index in [0.29, 0.717) is 11.3 Å². The van der Waals surface area contributed by atoms with Crippen LogP contribution in [0.25, 0.3) is 0 Å². The summed E-state index contributed by atoms with van der Waals surface area (Å²) in [5, 5.41) is 0. The van der Waals surface area contributed by atoms with Crippen LogP contribution in [0.5, 0.6) is 0 Å². The fourth-order valence-electron chi connectivity index (χ4n) is 4.14. The first-order valence-electron chi connectivity index (χ1n) is 10.3. The van der Waals surface area contributed by atoms with Crippen molar-refractivity contribution in [1.82, 2.24) is 0 Å². The van der Waals surface area contributed by atoms with Gasteiger partial charge in [-0.05, 0) is 24.1 Å². The van der Waals surface area contributed by atoms with Gasteiger partial charge in [0, 0.05) is 17.7 Å². The molecule has 0 bridgehead atoms. The highest BCUT2D eigenvalue weighted by atomic mass is 16.5. The third-order valence-electron chi connectivity index (χ3n) is 5.60. The Kier molecular flexibility index (Phi) is 5.67. The molecule has 0 fully saturated rings. The van der Waals surface area contributed by atoms with Gasteiger partial charge in [0.1, 0.15) is 0 Å². The molecule has 0 spiro atoms. The van der Waals surface area contributed by atoms with Gasteiger partial charge >= 0.3 is 5.97 Å². The minimum atomic E-state index is -1.71. The van der Waals surface area contributed by atoms with Crippen LogP contribution in [0.4, 0.5) is 5.69 Å². The molecule has 0 aliphatic carbocycles. The third kappa shape index (κ3) is 3.63. The lowest BCUT2D eigenvalue weighted by Gasteiger charge is -2.39. The fraction of sp³-hybridized carbons (Fsp3) is 0.192. The molecule has 1 heterocycles. The molecule has 0 radical (unpaired) electrons. The number of anilines is 1. The van der Waals surface area contributed by atoms with Gasteiger partial charge in [0.15, 0.2) is 5.41 Å². The van der Waals surface area contributed by atoms with Crippen LogP contribution in [-0.2, 0) is 37.5 Å². The lowest BCUT2D eigenvalue weighted by atomic mass is 9.69. The first kappa shape index (κ1) is 20.5. The molecule has 4 rings (SSSR count). The highest BCUT2D eigenvalue weighted by Crippen LogP contribution is 2.42. The Hall–Kier alpha value is -3.73. The summed E-state index contributed by atoms with van der Waals surface area (Å²) in [7, 11) is 0. The van der Waals surface area contributed by atoms with Gasteiger partial charge in [-0.15, -0.1) is 0 Å². The molecule has 1 aliphatic rings. The number of carbonyl (C=O) groups excluding carboxylic acids is 3. The van der Waals surface area contributed by atoms with Crippen LogP contribution in [0.3, 0.4) is 0 Å². The van der Waals surface area contributed by atoms with Crippen LogP contribution in [0.2, 0.25) is 0 Å². The Labute approximate surface area is 181 Å². The molecule has 156 valence electrons. The second-order valence-electron chi connectivity index (χ2n) is 7.51. The van der Waals surface area contributed by atoms with Gasteiger partial charge < -0.3 is 9.64 Å². The van der Waals surface area contributed by atoms with Gasteiger partial charge in [0.25, 0.3) is 5.91 Å². The molecule has 0 aromatic heterocycles. The monoisotopic (exact) mass is 413 g/mol. The van der Waals surface area contributed by atoms with Crippen molar-refractivity contribution < 1.29 is 19.1 Å². The zero-order valence-electron chi connectivity index (χ0n) is 17.3. The van der Waals surface area contributed by atoms with Crippen molar-refractivity contribution in [3.63, 3.8) is 0 Å². The average Bonchev–Trinajstić information content (AvgIpc) is 2.81. The largest absolute Gasteiger partial charge is 0.465 e. The number of ketones is 1. The number of Topliss-reactive ketones (excluding diaryl/α,β-unsaturated/α-hetero) is 1. The molecule has 3 aromatic rings. The Morgan fingerprint density at radius 3 is 2.06 bits per heavy atom. The molecule has 5 heteroatoms. The van der Waals surface area contributed by atoms with E-state index in [1.54, 1.807) is 31.2 Å². The number of nitrogens with zero attached hydrogens (tertiary/aromatic N) is 1. The zero-order chi connectivity index (χ0) is 21.8. The molecular weight excluding hydrogens is 390 g/mol. The van der Waals surface area contributed by atoms with Crippen molar-refractivity contribution in [2.24, 2.45) is 0 Å². The highest BCUT2D eigenvalue weighted by molar-refractivity contribution is 6.50. The summed E-state index contributed by atoms with van der Waals surface area (Å²) in [6.45, 7) is 2.05. The van der Waals surface area contributed by atoms with E-state index in [-0.39, 0.29) is 19.6 Å². The Bertz CT molecular complexity index is 1110. The van der Waals surface area contributed by atoms with Crippen LogP contribution in [0.1, 0.15) is 23.6 Å². The second-order valence-corrected chi connectivity index (χ2v) is 7.51. The minimum absolute atomic E-state index is 0.0629. The minimum Gasteiger partial charge on any atom is -0.465 e. The molecule has 5 nitrogen and oxygen atoms in total. The van der Waals surface area contributed by atoms with E-state index in [0.717, 1.165) is 11.1 Å². The van der Waals surface area contributed by atoms with Gasteiger partial charge in [-0.1, -0.05) is 78.9 Å². The van der Waals surface area contributed by atoms with E-state index in [4.69, 9.17) is 4.74 Å². The smallest absolute Gasteiger partial charge is 0.325 e. The highest BCUT2D eigenvalue weighted by Gasteiger charge is 2.57. The van der Waals surface area contributed by atoms with Crippen LogP contribution in [0.15, 0.2) is 84.9 Å². The molecule has 31 heavy (non-hydrogen) atoms. The summed E-state index contributed by atoms with van der Waals surface area (Å²) in [5.74, 6) is -2.15. The van der Waals surface area contributed by atoms with Crippen LogP contribution in [0, 0.1) is 0 Å². The Balaban J connectivity index is 1.88. The molecule has 0 saturated carbocycles. The maximum Gasteiger partial charge on any atom is 0.325 e. The summed E-state index contributed by atoms with van der Waals surface area (Å²) in [6, 6.07) is 25.8. The van der Waals surface area contributed by atoms with Gasteiger partial charge in [-0.25, -0.2) is 0 Å². The number of benzene rings is 3. The number of ether oxygens (including phenoxy) is 1. The molecule has 1 aliphatic heterocycles. The summed E-state index contributed by atoms with van der Waals surface area (Å²) < 4.78 is 5.36. The number of carbonyl (C=O) groups is 3. The van der Waals surface area contributed by atoms with Crippen molar-refractivity contribution in [3.8, 4) is 0 Å². The lowest BCUT2D eigenvalue weighted by molar-refractivity contribution is -0.157. The number of para-hydroxylation sites is 1. The fourth-order valence-corrected chi connectivity index (χ4v) is 4.14. The van der Waals surface area contributed by atoms with Crippen molar-refractivity contribution in [2.45, 2.75) is 25.3 Å². The molecule has 0 unspecified atom stereocenters. The van der Waals surface area contributed by atoms with E-state index in [1.165, 1.54) is 4.90 Å². The summed E-state index contributed by atoms with van der Waals surface area (Å²) in [4.78, 5) is 41.8. The van der Waals surface area contributed by atoms with Gasteiger partial charge in [0.2, 0.25) is 5.78 Å². The number of hydrogen-bond acceptors (Lipinski definition) is 4. The predicted molar refractivity (Wildman–Crippen MR) is 118 cm³/mol. The maximum atomic E-state index is 13.6. The molecule has 0 saturated heterocycles. The summed E-state index contributed by atoms with van der Waals surface area (Å²) in [5.41, 5.74) is 1.02. The topological polar surface area (TPSA) is 63.7 Å². The third-order valence-corrected chi connectivity index (χ3v) is 5.60. The van der Waals surface area contributed by atoms with E-state index in [2.05, 4.69) is 0 Å². The van der Waals surface area contributed by atoms with Crippen LogP contribution in [-0.4, -0.2) is 24.3 Å².